The van der Waals surface area contributed by atoms with Crippen LogP contribution in [0.5, 0.6) is 0 Å². The maximum Gasteiger partial charge on any atom is 0.0994 e. The Kier molecular flexibility index (Phi) is 3.52. The molecule has 1 unspecified atom stereocenters. The first-order valence-corrected chi connectivity index (χ1v) is 8.30. The van der Waals surface area contributed by atoms with Gasteiger partial charge in [0.25, 0.3) is 0 Å². The molecule has 2 heterocycles. The molecule has 2 aliphatic rings. The van der Waals surface area contributed by atoms with Crippen molar-refractivity contribution in [2.45, 2.75) is 51.0 Å². The van der Waals surface area contributed by atoms with Gasteiger partial charge in [0.05, 0.1) is 23.9 Å². The SMILES string of the molecule is c1cc2c(c(-n3cncc3C3CCCCN3)c1)CCCC2. The first-order valence-electron chi connectivity index (χ1n) is 8.30. The number of piperidine rings is 1. The van der Waals surface area contributed by atoms with Crippen molar-refractivity contribution in [3.8, 4) is 5.69 Å². The average Bonchev–Trinajstić information content (AvgIpc) is 3.04. The van der Waals surface area contributed by atoms with Gasteiger partial charge in [0, 0.05) is 6.04 Å². The van der Waals surface area contributed by atoms with Crippen LogP contribution in [0.2, 0.25) is 0 Å². The zero-order chi connectivity index (χ0) is 14.1. The van der Waals surface area contributed by atoms with Crippen molar-refractivity contribution < 1.29 is 0 Å². The van der Waals surface area contributed by atoms with Crippen LogP contribution >= 0.6 is 0 Å². The molecule has 1 N–H and O–H groups in total. The van der Waals surface area contributed by atoms with Gasteiger partial charge in [-0.25, -0.2) is 4.98 Å². The fourth-order valence-electron chi connectivity index (χ4n) is 3.86. The Labute approximate surface area is 126 Å². The summed E-state index contributed by atoms with van der Waals surface area (Å²) in [5, 5.41) is 3.65. The summed E-state index contributed by atoms with van der Waals surface area (Å²) in [6.07, 6.45) is 13.0. The molecule has 1 aromatic carbocycles. The van der Waals surface area contributed by atoms with Crippen LogP contribution < -0.4 is 5.32 Å². The molecule has 1 fully saturated rings. The Balaban J connectivity index is 1.76. The van der Waals surface area contributed by atoms with Crippen LogP contribution in [0.1, 0.15) is 55.0 Å². The number of imidazole rings is 1. The van der Waals surface area contributed by atoms with Gasteiger partial charge in [-0.05, 0) is 62.3 Å². The van der Waals surface area contributed by atoms with Crippen molar-refractivity contribution in [1.82, 2.24) is 14.9 Å². The van der Waals surface area contributed by atoms with Crippen molar-refractivity contribution >= 4 is 0 Å². The number of nitrogens with zero attached hydrogens (tertiary/aromatic N) is 2. The lowest BCUT2D eigenvalue weighted by atomic mass is 9.90. The van der Waals surface area contributed by atoms with Gasteiger partial charge in [-0.1, -0.05) is 18.6 Å². The van der Waals surface area contributed by atoms with Gasteiger partial charge in [-0.3, -0.25) is 0 Å². The summed E-state index contributed by atoms with van der Waals surface area (Å²) >= 11 is 0. The van der Waals surface area contributed by atoms with Crippen molar-refractivity contribution in [3.05, 3.63) is 47.5 Å². The standard InChI is InChI=1S/C18H23N3/c1-2-8-15-14(6-1)7-5-10-17(15)21-13-19-12-18(21)16-9-3-4-11-20-16/h5,7,10,12-13,16,20H,1-4,6,8-9,11H2. The summed E-state index contributed by atoms with van der Waals surface area (Å²) in [7, 11) is 0. The van der Waals surface area contributed by atoms with E-state index in [1.807, 2.05) is 12.5 Å². The average molecular weight is 281 g/mol. The Morgan fingerprint density at radius 2 is 2.05 bits per heavy atom. The van der Waals surface area contributed by atoms with Gasteiger partial charge >= 0.3 is 0 Å². The van der Waals surface area contributed by atoms with Crippen molar-refractivity contribution in [2.75, 3.05) is 6.54 Å². The zero-order valence-electron chi connectivity index (χ0n) is 12.5. The number of hydrogen-bond acceptors (Lipinski definition) is 2. The molecule has 0 bridgehead atoms. The lowest BCUT2D eigenvalue weighted by molar-refractivity contribution is 0.401. The predicted octanol–water partition coefficient (Wildman–Crippen LogP) is 3.57. The van der Waals surface area contributed by atoms with E-state index in [0.717, 1.165) is 6.54 Å². The predicted molar refractivity (Wildman–Crippen MR) is 84.8 cm³/mol. The van der Waals surface area contributed by atoms with Crippen LogP contribution in [0, 0.1) is 0 Å². The summed E-state index contributed by atoms with van der Waals surface area (Å²) in [4.78, 5) is 4.45. The van der Waals surface area contributed by atoms with Crippen LogP contribution in [0.15, 0.2) is 30.7 Å². The third kappa shape index (κ3) is 2.40. The number of fused-ring (bicyclic) bond motifs is 1. The lowest BCUT2D eigenvalue weighted by Crippen LogP contribution is -2.28. The normalized spacial score (nSPS) is 22.0. The Morgan fingerprint density at radius 1 is 1.10 bits per heavy atom. The first-order chi connectivity index (χ1) is 10.4. The smallest absolute Gasteiger partial charge is 0.0994 e. The Bertz CT molecular complexity index is 623. The molecule has 1 atom stereocenters. The molecule has 3 heteroatoms. The minimum atomic E-state index is 0.459. The van der Waals surface area contributed by atoms with E-state index in [1.54, 1.807) is 5.56 Å². The second-order valence-electron chi connectivity index (χ2n) is 6.31. The van der Waals surface area contributed by atoms with E-state index in [4.69, 9.17) is 0 Å². The van der Waals surface area contributed by atoms with Crippen LogP contribution in [0.3, 0.4) is 0 Å². The largest absolute Gasteiger partial charge is 0.309 e. The molecular weight excluding hydrogens is 258 g/mol. The minimum Gasteiger partial charge on any atom is -0.309 e. The van der Waals surface area contributed by atoms with Crippen molar-refractivity contribution in [1.29, 1.82) is 0 Å². The van der Waals surface area contributed by atoms with E-state index in [9.17, 15) is 0 Å². The third-order valence-corrected chi connectivity index (χ3v) is 4.97. The van der Waals surface area contributed by atoms with Gasteiger partial charge in [0.1, 0.15) is 0 Å². The highest BCUT2D eigenvalue weighted by Gasteiger charge is 2.21. The van der Waals surface area contributed by atoms with E-state index >= 15 is 0 Å². The molecule has 21 heavy (non-hydrogen) atoms. The van der Waals surface area contributed by atoms with Gasteiger partial charge < -0.3 is 9.88 Å². The Hall–Kier alpha value is -1.61. The molecule has 1 aromatic heterocycles. The summed E-state index contributed by atoms with van der Waals surface area (Å²) in [5.41, 5.74) is 5.76. The van der Waals surface area contributed by atoms with Crippen molar-refractivity contribution in [3.63, 3.8) is 0 Å². The van der Waals surface area contributed by atoms with Gasteiger partial charge in [-0.15, -0.1) is 0 Å². The van der Waals surface area contributed by atoms with E-state index in [-0.39, 0.29) is 0 Å². The van der Waals surface area contributed by atoms with Crippen LogP contribution in [-0.2, 0) is 12.8 Å². The number of hydrogen-bond donors (Lipinski definition) is 1. The summed E-state index contributed by atoms with van der Waals surface area (Å²) in [5.74, 6) is 0. The number of rotatable bonds is 2. The summed E-state index contributed by atoms with van der Waals surface area (Å²) < 4.78 is 2.33. The first kappa shape index (κ1) is 13.1. The third-order valence-electron chi connectivity index (χ3n) is 4.97. The lowest BCUT2D eigenvalue weighted by Gasteiger charge is -2.26. The maximum atomic E-state index is 4.45. The van der Waals surface area contributed by atoms with Crippen LogP contribution in [-0.4, -0.2) is 16.1 Å². The van der Waals surface area contributed by atoms with E-state index < -0.39 is 0 Å². The van der Waals surface area contributed by atoms with Crippen molar-refractivity contribution in [2.24, 2.45) is 0 Å². The van der Waals surface area contributed by atoms with Gasteiger partial charge in [-0.2, -0.15) is 0 Å². The molecule has 1 saturated heterocycles. The molecule has 0 spiro atoms. The number of aromatic nitrogens is 2. The molecule has 1 aliphatic carbocycles. The fraction of sp³-hybridized carbons (Fsp3) is 0.500. The molecule has 110 valence electrons. The Morgan fingerprint density at radius 3 is 2.95 bits per heavy atom. The number of benzene rings is 1. The minimum absolute atomic E-state index is 0.459. The topological polar surface area (TPSA) is 29.9 Å². The van der Waals surface area contributed by atoms with Gasteiger partial charge in [0.2, 0.25) is 0 Å². The fourth-order valence-corrected chi connectivity index (χ4v) is 3.86. The zero-order valence-corrected chi connectivity index (χ0v) is 12.5. The molecule has 0 radical (unpaired) electrons. The highest BCUT2D eigenvalue weighted by atomic mass is 15.1. The summed E-state index contributed by atoms with van der Waals surface area (Å²) in [6.45, 7) is 1.13. The highest BCUT2D eigenvalue weighted by molar-refractivity contribution is 5.48. The molecule has 0 amide bonds. The van der Waals surface area contributed by atoms with Gasteiger partial charge in [0.15, 0.2) is 0 Å². The molecule has 4 rings (SSSR count). The summed E-state index contributed by atoms with van der Waals surface area (Å²) in [6, 6.07) is 7.23. The van der Waals surface area contributed by atoms with Crippen LogP contribution in [0.4, 0.5) is 0 Å². The molecule has 3 nitrogen and oxygen atoms in total. The molecule has 1 aliphatic heterocycles. The van der Waals surface area contributed by atoms with Crippen LogP contribution in [0.25, 0.3) is 5.69 Å². The monoisotopic (exact) mass is 281 g/mol. The number of aryl methyl sites for hydroxylation is 1. The second-order valence-corrected chi connectivity index (χ2v) is 6.31. The molecule has 2 aromatic rings. The molecular formula is C18H23N3. The molecule has 0 saturated carbocycles. The van der Waals surface area contributed by atoms with E-state index in [1.165, 1.54) is 61.9 Å². The quantitative estimate of drug-likeness (QED) is 0.912. The van der Waals surface area contributed by atoms with E-state index in [0.29, 0.717) is 6.04 Å². The second kappa shape index (κ2) is 5.64. The van der Waals surface area contributed by atoms with E-state index in [2.05, 4.69) is 33.1 Å². The number of nitrogens with one attached hydrogen (secondary N) is 1. The maximum absolute atomic E-state index is 4.45. The highest BCUT2D eigenvalue weighted by Crippen LogP contribution is 2.30.